The molecule has 0 aliphatic carbocycles. The van der Waals surface area contributed by atoms with Crippen LogP contribution >= 0.6 is 0 Å². The first-order chi connectivity index (χ1) is 8.69. The topological polar surface area (TPSA) is 28.2 Å². The molecule has 3 nitrogen and oxygen atoms in total. The van der Waals surface area contributed by atoms with E-state index in [0.29, 0.717) is 6.04 Å². The zero-order valence-corrected chi connectivity index (χ0v) is 12.2. The molecule has 0 radical (unpaired) electrons. The van der Waals surface area contributed by atoms with Crippen LogP contribution in [0.2, 0.25) is 0 Å². The Hall–Kier alpha value is -1.09. The summed E-state index contributed by atoms with van der Waals surface area (Å²) >= 11 is 0. The van der Waals surface area contributed by atoms with Gasteiger partial charge < -0.3 is 10.2 Å². The summed E-state index contributed by atoms with van der Waals surface area (Å²) in [5.74, 6) is 0. The zero-order valence-electron chi connectivity index (χ0n) is 12.2. The highest BCUT2D eigenvalue weighted by atomic mass is 15.1. The van der Waals surface area contributed by atoms with Crippen LogP contribution in [0.5, 0.6) is 0 Å². The smallest absolute Gasteiger partial charge is 0.0598 e. The molecule has 1 heterocycles. The predicted octanol–water partition coefficient (Wildman–Crippen LogP) is 3.21. The van der Waals surface area contributed by atoms with E-state index in [9.17, 15) is 0 Å². The molecule has 0 aliphatic heterocycles. The summed E-state index contributed by atoms with van der Waals surface area (Å²) in [4.78, 5) is 6.74. The van der Waals surface area contributed by atoms with Crippen LogP contribution in [0.25, 0.3) is 0 Å². The van der Waals surface area contributed by atoms with Crippen LogP contribution in [0, 0.1) is 0 Å². The number of rotatable bonds is 8. The molecule has 1 aromatic heterocycles. The fourth-order valence-electron chi connectivity index (χ4n) is 2.06. The number of nitrogens with zero attached hydrogens (tertiary/aromatic N) is 2. The molecule has 3 heteroatoms. The largest absolute Gasteiger partial charge is 0.370 e. The van der Waals surface area contributed by atoms with E-state index in [2.05, 4.69) is 49.0 Å². The third-order valence-corrected chi connectivity index (χ3v) is 2.92. The molecule has 0 amide bonds. The summed E-state index contributed by atoms with van der Waals surface area (Å²) in [5.41, 5.74) is 2.63. The van der Waals surface area contributed by atoms with Crippen LogP contribution in [0.15, 0.2) is 18.5 Å². The Kier molecular flexibility index (Phi) is 6.73. The maximum absolute atomic E-state index is 4.29. The standard InChI is InChI=1S/C15H27N3/c1-5-9-18(10-6-2)15-12-16-8-7-14(15)11-17-13(3)4/h7-8,12-13,17H,5-6,9-11H2,1-4H3. The Labute approximate surface area is 112 Å². The Morgan fingerprint density at radius 2 is 1.89 bits per heavy atom. The minimum Gasteiger partial charge on any atom is -0.370 e. The number of pyridine rings is 1. The first-order valence-corrected chi connectivity index (χ1v) is 7.10. The van der Waals surface area contributed by atoms with E-state index >= 15 is 0 Å². The van der Waals surface area contributed by atoms with E-state index in [0.717, 1.165) is 19.6 Å². The third kappa shape index (κ3) is 4.65. The molecule has 1 rings (SSSR count). The molecule has 0 saturated heterocycles. The fraction of sp³-hybridized carbons (Fsp3) is 0.667. The quantitative estimate of drug-likeness (QED) is 0.767. The van der Waals surface area contributed by atoms with Gasteiger partial charge in [-0.1, -0.05) is 27.7 Å². The summed E-state index contributed by atoms with van der Waals surface area (Å²) in [6, 6.07) is 2.64. The molecule has 0 saturated carbocycles. The second kappa shape index (κ2) is 8.09. The van der Waals surface area contributed by atoms with Gasteiger partial charge in [0.1, 0.15) is 0 Å². The third-order valence-electron chi connectivity index (χ3n) is 2.92. The number of nitrogens with one attached hydrogen (secondary N) is 1. The van der Waals surface area contributed by atoms with Gasteiger partial charge in [0.05, 0.1) is 11.9 Å². The molecule has 1 aromatic rings. The normalized spacial score (nSPS) is 10.9. The van der Waals surface area contributed by atoms with Crippen molar-refractivity contribution in [2.45, 2.75) is 53.1 Å². The van der Waals surface area contributed by atoms with Gasteiger partial charge in [-0.05, 0) is 24.5 Å². The van der Waals surface area contributed by atoms with Gasteiger partial charge in [0.2, 0.25) is 0 Å². The monoisotopic (exact) mass is 249 g/mol. The number of aromatic nitrogens is 1. The molecule has 0 aromatic carbocycles. The summed E-state index contributed by atoms with van der Waals surface area (Å²) in [6.07, 6.45) is 6.23. The van der Waals surface area contributed by atoms with E-state index in [1.54, 1.807) is 0 Å². The molecule has 0 fully saturated rings. The fourth-order valence-corrected chi connectivity index (χ4v) is 2.06. The van der Waals surface area contributed by atoms with Gasteiger partial charge in [-0.2, -0.15) is 0 Å². The second-order valence-corrected chi connectivity index (χ2v) is 5.03. The van der Waals surface area contributed by atoms with E-state index in [4.69, 9.17) is 0 Å². The average Bonchev–Trinajstić information content (AvgIpc) is 2.36. The van der Waals surface area contributed by atoms with Crippen molar-refractivity contribution in [2.75, 3.05) is 18.0 Å². The first kappa shape index (κ1) is 15.0. The summed E-state index contributed by atoms with van der Waals surface area (Å²) in [5, 5.41) is 3.49. The molecular weight excluding hydrogens is 222 g/mol. The molecule has 102 valence electrons. The minimum absolute atomic E-state index is 0.511. The second-order valence-electron chi connectivity index (χ2n) is 5.03. The van der Waals surface area contributed by atoms with Crippen LogP contribution in [0.3, 0.4) is 0 Å². The first-order valence-electron chi connectivity index (χ1n) is 7.10. The van der Waals surface area contributed by atoms with Crippen molar-refractivity contribution in [3.05, 3.63) is 24.0 Å². The highest BCUT2D eigenvalue weighted by molar-refractivity contribution is 5.51. The molecule has 0 spiro atoms. The van der Waals surface area contributed by atoms with E-state index in [1.807, 2.05) is 12.4 Å². The van der Waals surface area contributed by atoms with Crippen molar-refractivity contribution < 1.29 is 0 Å². The molecule has 0 unspecified atom stereocenters. The van der Waals surface area contributed by atoms with Gasteiger partial charge in [0.25, 0.3) is 0 Å². The van der Waals surface area contributed by atoms with Gasteiger partial charge in [-0.15, -0.1) is 0 Å². The zero-order chi connectivity index (χ0) is 13.4. The van der Waals surface area contributed by atoms with Gasteiger partial charge in [0, 0.05) is 31.9 Å². The Morgan fingerprint density at radius 1 is 1.22 bits per heavy atom. The maximum Gasteiger partial charge on any atom is 0.0598 e. The lowest BCUT2D eigenvalue weighted by atomic mass is 10.2. The summed E-state index contributed by atoms with van der Waals surface area (Å²) < 4.78 is 0. The van der Waals surface area contributed by atoms with Crippen LogP contribution in [-0.2, 0) is 6.54 Å². The van der Waals surface area contributed by atoms with Gasteiger partial charge in [-0.25, -0.2) is 0 Å². The SMILES string of the molecule is CCCN(CCC)c1cnccc1CNC(C)C. The van der Waals surface area contributed by atoms with Crippen molar-refractivity contribution in [3.63, 3.8) is 0 Å². The Bertz CT molecular complexity index is 330. The lowest BCUT2D eigenvalue weighted by Gasteiger charge is -2.26. The van der Waals surface area contributed by atoms with Crippen molar-refractivity contribution in [3.8, 4) is 0 Å². The Morgan fingerprint density at radius 3 is 2.44 bits per heavy atom. The van der Waals surface area contributed by atoms with Crippen molar-refractivity contribution in [2.24, 2.45) is 0 Å². The molecular formula is C15H27N3. The van der Waals surface area contributed by atoms with Crippen molar-refractivity contribution >= 4 is 5.69 Å². The van der Waals surface area contributed by atoms with Crippen molar-refractivity contribution in [1.82, 2.24) is 10.3 Å². The number of hydrogen-bond donors (Lipinski definition) is 1. The van der Waals surface area contributed by atoms with Gasteiger partial charge >= 0.3 is 0 Å². The van der Waals surface area contributed by atoms with Gasteiger partial charge in [0.15, 0.2) is 0 Å². The maximum atomic E-state index is 4.29. The summed E-state index contributed by atoms with van der Waals surface area (Å²) in [6.45, 7) is 11.9. The van der Waals surface area contributed by atoms with Crippen molar-refractivity contribution in [1.29, 1.82) is 0 Å². The van der Waals surface area contributed by atoms with E-state index in [-0.39, 0.29) is 0 Å². The molecule has 0 atom stereocenters. The highest BCUT2D eigenvalue weighted by Gasteiger charge is 2.10. The number of hydrogen-bond acceptors (Lipinski definition) is 3. The van der Waals surface area contributed by atoms with Crippen LogP contribution in [-0.4, -0.2) is 24.1 Å². The predicted molar refractivity (Wildman–Crippen MR) is 79.0 cm³/mol. The van der Waals surface area contributed by atoms with Gasteiger partial charge in [-0.3, -0.25) is 4.98 Å². The van der Waals surface area contributed by atoms with E-state index < -0.39 is 0 Å². The molecule has 0 bridgehead atoms. The molecule has 0 aliphatic rings. The number of anilines is 1. The Balaban J connectivity index is 2.83. The van der Waals surface area contributed by atoms with Crippen LogP contribution in [0.1, 0.15) is 46.1 Å². The molecule has 18 heavy (non-hydrogen) atoms. The minimum atomic E-state index is 0.511. The van der Waals surface area contributed by atoms with Crippen LogP contribution < -0.4 is 10.2 Å². The van der Waals surface area contributed by atoms with Crippen LogP contribution in [0.4, 0.5) is 5.69 Å². The highest BCUT2D eigenvalue weighted by Crippen LogP contribution is 2.19. The summed E-state index contributed by atoms with van der Waals surface area (Å²) in [7, 11) is 0. The lowest BCUT2D eigenvalue weighted by molar-refractivity contribution is 0.586. The average molecular weight is 249 g/mol. The van der Waals surface area contributed by atoms with E-state index in [1.165, 1.54) is 24.1 Å². The lowest BCUT2D eigenvalue weighted by Crippen LogP contribution is -2.28. The molecule has 1 N–H and O–H groups in total.